The SMILES string of the molecule is COc1ccc([C@]23CCN(C)[C@H]2C[C@H](O)[C@@H](CC(C)C)C3)cc1OC. The van der Waals surface area contributed by atoms with Crippen LogP contribution in [0.3, 0.4) is 0 Å². The third kappa shape index (κ3) is 3.26. The van der Waals surface area contributed by atoms with E-state index in [0.29, 0.717) is 17.9 Å². The highest BCUT2D eigenvalue weighted by Gasteiger charge is 2.53. The Balaban J connectivity index is 2.00. The second-order valence-electron chi connectivity index (χ2n) is 8.37. The van der Waals surface area contributed by atoms with Crippen molar-refractivity contribution >= 4 is 0 Å². The summed E-state index contributed by atoms with van der Waals surface area (Å²) in [6.07, 6.45) is 3.96. The fraction of sp³-hybridized carbons (Fsp3) is 0.714. The van der Waals surface area contributed by atoms with Gasteiger partial charge in [-0.05, 0) is 68.8 Å². The number of likely N-dealkylation sites (N-methyl/N-ethyl adjacent to an activating group) is 1. The summed E-state index contributed by atoms with van der Waals surface area (Å²) in [6, 6.07) is 6.79. The summed E-state index contributed by atoms with van der Waals surface area (Å²) in [5.41, 5.74) is 1.44. The van der Waals surface area contributed by atoms with Gasteiger partial charge in [-0.25, -0.2) is 0 Å². The Morgan fingerprint density at radius 1 is 1.24 bits per heavy atom. The predicted molar refractivity (Wildman–Crippen MR) is 100 cm³/mol. The van der Waals surface area contributed by atoms with E-state index in [1.165, 1.54) is 5.56 Å². The van der Waals surface area contributed by atoms with Crippen LogP contribution >= 0.6 is 0 Å². The molecule has 3 rings (SSSR count). The van der Waals surface area contributed by atoms with Crippen molar-refractivity contribution in [1.82, 2.24) is 4.90 Å². The Kier molecular flexibility index (Phi) is 5.31. The van der Waals surface area contributed by atoms with Gasteiger partial charge in [0.1, 0.15) is 0 Å². The van der Waals surface area contributed by atoms with E-state index in [9.17, 15) is 5.11 Å². The second kappa shape index (κ2) is 7.16. The minimum Gasteiger partial charge on any atom is -0.493 e. The lowest BCUT2D eigenvalue weighted by Gasteiger charge is -2.47. The third-order valence-electron chi connectivity index (χ3n) is 6.45. The first-order valence-electron chi connectivity index (χ1n) is 9.52. The predicted octanol–water partition coefficient (Wildman–Crippen LogP) is 3.46. The molecule has 1 aromatic rings. The molecule has 0 bridgehead atoms. The summed E-state index contributed by atoms with van der Waals surface area (Å²) in [6.45, 7) is 5.59. The summed E-state index contributed by atoms with van der Waals surface area (Å²) in [5.74, 6) is 2.56. The molecule has 0 amide bonds. The van der Waals surface area contributed by atoms with Crippen molar-refractivity contribution in [1.29, 1.82) is 0 Å². The van der Waals surface area contributed by atoms with Crippen LogP contribution in [0.4, 0.5) is 0 Å². The molecule has 4 heteroatoms. The fourth-order valence-electron chi connectivity index (χ4n) is 5.24. The molecule has 2 aliphatic rings. The van der Waals surface area contributed by atoms with Crippen molar-refractivity contribution in [3.8, 4) is 11.5 Å². The lowest BCUT2D eigenvalue weighted by atomic mass is 9.61. The molecule has 1 N–H and O–H groups in total. The van der Waals surface area contributed by atoms with Crippen molar-refractivity contribution in [3.05, 3.63) is 23.8 Å². The number of nitrogens with zero attached hydrogens (tertiary/aromatic N) is 1. The highest BCUT2D eigenvalue weighted by molar-refractivity contribution is 5.46. The van der Waals surface area contributed by atoms with E-state index in [-0.39, 0.29) is 11.5 Å². The molecule has 0 radical (unpaired) electrons. The van der Waals surface area contributed by atoms with Gasteiger partial charge in [0.15, 0.2) is 11.5 Å². The first-order chi connectivity index (χ1) is 11.9. The van der Waals surface area contributed by atoms with Crippen molar-refractivity contribution in [2.75, 3.05) is 27.8 Å². The number of aliphatic hydroxyl groups is 1. The first kappa shape index (κ1) is 18.5. The Labute approximate surface area is 152 Å². The van der Waals surface area contributed by atoms with Gasteiger partial charge in [-0.15, -0.1) is 0 Å². The van der Waals surface area contributed by atoms with Crippen LogP contribution in [-0.2, 0) is 5.41 Å². The molecule has 0 unspecified atom stereocenters. The standard InChI is InChI=1S/C21H33NO3/c1-14(2)10-15-13-21(8-9-22(3)20(21)12-17(15)23)16-6-7-18(24-4)19(11-16)25-5/h6-7,11,14-15,17,20,23H,8-10,12-13H2,1-5H3/t15-,17-,20-,21+/m0/s1. The number of likely N-dealkylation sites (tertiary alicyclic amines) is 1. The maximum Gasteiger partial charge on any atom is 0.161 e. The summed E-state index contributed by atoms with van der Waals surface area (Å²) in [5, 5.41) is 10.8. The normalized spacial score (nSPS) is 32.7. The van der Waals surface area contributed by atoms with Gasteiger partial charge in [-0.2, -0.15) is 0 Å². The summed E-state index contributed by atoms with van der Waals surface area (Å²) in [7, 11) is 5.57. The number of methoxy groups -OCH3 is 2. The van der Waals surface area contributed by atoms with Gasteiger partial charge in [0.25, 0.3) is 0 Å². The van der Waals surface area contributed by atoms with Gasteiger partial charge >= 0.3 is 0 Å². The largest absolute Gasteiger partial charge is 0.493 e. The molecular formula is C21H33NO3. The van der Waals surface area contributed by atoms with Gasteiger partial charge in [0, 0.05) is 11.5 Å². The summed E-state index contributed by atoms with van der Waals surface area (Å²) < 4.78 is 11.0. The number of benzene rings is 1. The maximum absolute atomic E-state index is 10.8. The molecule has 1 aliphatic heterocycles. The van der Waals surface area contributed by atoms with Gasteiger partial charge in [0.05, 0.1) is 20.3 Å². The molecule has 4 nitrogen and oxygen atoms in total. The zero-order chi connectivity index (χ0) is 18.2. The van der Waals surface area contributed by atoms with Crippen LogP contribution in [0.15, 0.2) is 18.2 Å². The topological polar surface area (TPSA) is 41.9 Å². The minimum absolute atomic E-state index is 0.104. The Morgan fingerprint density at radius 3 is 2.60 bits per heavy atom. The van der Waals surface area contributed by atoms with Crippen molar-refractivity contribution < 1.29 is 14.6 Å². The highest BCUT2D eigenvalue weighted by Crippen LogP contribution is 2.52. The van der Waals surface area contributed by atoms with Crippen LogP contribution in [0.25, 0.3) is 0 Å². The van der Waals surface area contributed by atoms with E-state index >= 15 is 0 Å². The molecular weight excluding hydrogens is 314 g/mol. The van der Waals surface area contributed by atoms with E-state index in [1.54, 1.807) is 14.2 Å². The van der Waals surface area contributed by atoms with Crippen LogP contribution < -0.4 is 9.47 Å². The van der Waals surface area contributed by atoms with Crippen LogP contribution in [0, 0.1) is 11.8 Å². The lowest BCUT2D eigenvalue weighted by molar-refractivity contribution is -0.000799. The Hall–Kier alpha value is -1.26. The second-order valence-corrected chi connectivity index (χ2v) is 8.37. The maximum atomic E-state index is 10.8. The van der Waals surface area contributed by atoms with Crippen LogP contribution in [0.1, 0.15) is 45.1 Å². The van der Waals surface area contributed by atoms with E-state index in [0.717, 1.165) is 43.7 Å². The average molecular weight is 347 g/mol. The number of fused-ring (bicyclic) bond motifs is 1. The molecule has 1 aromatic carbocycles. The number of hydrogen-bond acceptors (Lipinski definition) is 4. The monoisotopic (exact) mass is 347 g/mol. The Morgan fingerprint density at radius 2 is 1.96 bits per heavy atom. The minimum atomic E-state index is -0.193. The molecule has 1 heterocycles. The lowest BCUT2D eigenvalue weighted by Crippen LogP contribution is -2.51. The Bertz CT molecular complexity index is 603. The van der Waals surface area contributed by atoms with Gasteiger partial charge in [-0.3, -0.25) is 0 Å². The fourth-order valence-corrected chi connectivity index (χ4v) is 5.24. The smallest absolute Gasteiger partial charge is 0.161 e. The third-order valence-corrected chi connectivity index (χ3v) is 6.45. The molecule has 0 aromatic heterocycles. The molecule has 2 fully saturated rings. The number of hydrogen-bond donors (Lipinski definition) is 1. The summed E-state index contributed by atoms with van der Waals surface area (Å²) in [4.78, 5) is 2.44. The molecule has 0 spiro atoms. The van der Waals surface area contributed by atoms with E-state index in [4.69, 9.17) is 9.47 Å². The van der Waals surface area contributed by atoms with Crippen molar-refractivity contribution in [2.45, 2.75) is 57.1 Å². The number of aliphatic hydroxyl groups excluding tert-OH is 1. The van der Waals surface area contributed by atoms with E-state index < -0.39 is 0 Å². The number of rotatable bonds is 5. The van der Waals surface area contributed by atoms with Crippen LogP contribution in [0.5, 0.6) is 11.5 Å². The molecule has 1 saturated heterocycles. The summed E-state index contributed by atoms with van der Waals surface area (Å²) >= 11 is 0. The molecule has 1 saturated carbocycles. The van der Waals surface area contributed by atoms with Gasteiger partial charge in [-0.1, -0.05) is 19.9 Å². The van der Waals surface area contributed by atoms with Crippen molar-refractivity contribution in [2.24, 2.45) is 11.8 Å². The van der Waals surface area contributed by atoms with Crippen LogP contribution in [0.2, 0.25) is 0 Å². The average Bonchev–Trinajstić information content (AvgIpc) is 2.91. The first-order valence-corrected chi connectivity index (χ1v) is 9.52. The zero-order valence-corrected chi connectivity index (χ0v) is 16.3. The van der Waals surface area contributed by atoms with Crippen LogP contribution in [-0.4, -0.2) is 50.0 Å². The van der Waals surface area contributed by atoms with E-state index in [1.807, 2.05) is 6.07 Å². The molecule has 4 atom stereocenters. The molecule has 1 aliphatic carbocycles. The van der Waals surface area contributed by atoms with Crippen molar-refractivity contribution in [3.63, 3.8) is 0 Å². The quantitative estimate of drug-likeness (QED) is 0.886. The molecule has 140 valence electrons. The number of ether oxygens (including phenoxy) is 2. The highest BCUT2D eigenvalue weighted by atomic mass is 16.5. The molecule has 25 heavy (non-hydrogen) atoms. The van der Waals surface area contributed by atoms with Gasteiger partial charge in [0.2, 0.25) is 0 Å². The van der Waals surface area contributed by atoms with E-state index in [2.05, 4.69) is 37.9 Å². The van der Waals surface area contributed by atoms with Gasteiger partial charge < -0.3 is 19.5 Å². The zero-order valence-electron chi connectivity index (χ0n) is 16.3.